The first-order chi connectivity index (χ1) is 6.21. The van der Waals surface area contributed by atoms with E-state index in [4.69, 9.17) is 9.47 Å². The molecule has 0 saturated heterocycles. The van der Waals surface area contributed by atoms with E-state index in [2.05, 4.69) is 41.5 Å². The van der Waals surface area contributed by atoms with Gasteiger partial charge in [0.1, 0.15) is 12.5 Å². The molecule has 0 atom stereocenters. The number of hydrogen-bond donors (Lipinski definition) is 0. The summed E-state index contributed by atoms with van der Waals surface area (Å²) in [6, 6.07) is 0. The zero-order chi connectivity index (χ0) is 11.2. The van der Waals surface area contributed by atoms with Crippen molar-refractivity contribution >= 4 is 0 Å². The van der Waals surface area contributed by atoms with E-state index in [0.717, 1.165) is 0 Å². The van der Waals surface area contributed by atoms with Crippen LogP contribution in [0, 0.1) is 10.8 Å². The summed E-state index contributed by atoms with van der Waals surface area (Å²) in [5, 5.41) is 0. The predicted octanol–water partition coefficient (Wildman–Crippen LogP) is 3.58. The first-order valence-corrected chi connectivity index (χ1v) is 5.09. The Morgan fingerprint density at radius 2 is 1.00 bits per heavy atom. The van der Waals surface area contributed by atoms with Crippen molar-refractivity contribution in [3.8, 4) is 0 Å². The molecule has 2 nitrogen and oxygen atoms in total. The van der Waals surface area contributed by atoms with E-state index in [0.29, 0.717) is 13.2 Å². The second-order valence-corrected chi connectivity index (χ2v) is 6.02. The normalized spacial score (nSPS) is 13.3. The minimum absolute atomic E-state index is 0.203. The molecule has 2 heteroatoms. The highest BCUT2D eigenvalue weighted by molar-refractivity contribution is 4.68. The molecule has 0 amide bonds. The van der Waals surface area contributed by atoms with Gasteiger partial charge in [-0.25, -0.2) is 0 Å². The zero-order valence-electron chi connectivity index (χ0n) is 10.4. The molecule has 0 spiro atoms. The molecule has 0 heterocycles. The Hall–Kier alpha value is -0.660. The Kier molecular flexibility index (Phi) is 5.03. The Bertz CT molecular complexity index is 150. The lowest BCUT2D eigenvalue weighted by Gasteiger charge is -2.18. The maximum atomic E-state index is 5.31. The highest BCUT2D eigenvalue weighted by atomic mass is 16.5. The SMILES string of the molecule is CC(C)(C)CO/C=C\OCC(C)(C)C. The Balaban J connectivity index is 3.47. The van der Waals surface area contributed by atoms with E-state index in [1.807, 2.05) is 0 Å². The molecule has 84 valence electrons. The van der Waals surface area contributed by atoms with Gasteiger partial charge in [-0.3, -0.25) is 0 Å². The van der Waals surface area contributed by atoms with Crippen LogP contribution in [0.1, 0.15) is 41.5 Å². The summed E-state index contributed by atoms with van der Waals surface area (Å²) in [7, 11) is 0. The van der Waals surface area contributed by atoms with Crippen LogP contribution in [0.4, 0.5) is 0 Å². The van der Waals surface area contributed by atoms with Crippen molar-refractivity contribution in [2.24, 2.45) is 10.8 Å². The van der Waals surface area contributed by atoms with E-state index >= 15 is 0 Å². The second-order valence-electron chi connectivity index (χ2n) is 6.02. The van der Waals surface area contributed by atoms with Crippen molar-refractivity contribution in [3.05, 3.63) is 12.5 Å². The highest BCUT2D eigenvalue weighted by Gasteiger charge is 2.10. The van der Waals surface area contributed by atoms with E-state index in [1.54, 1.807) is 12.5 Å². The van der Waals surface area contributed by atoms with Crippen molar-refractivity contribution < 1.29 is 9.47 Å². The van der Waals surface area contributed by atoms with Gasteiger partial charge in [-0.2, -0.15) is 0 Å². The standard InChI is InChI=1S/C12H24O2/c1-11(2,3)9-13-7-8-14-10-12(4,5)6/h7-8H,9-10H2,1-6H3/b8-7-. The Labute approximate surface area is 88.3 Å². The lowest BCUT2D eigenvalue weighted by atomic mass is 9.99. The summed E-state index contributed by atoms with van der Waals surface area (Å²) >= 11 is 0. The molecule has 14 heavy (non-hydrogen) atoms. The van der Waals surface area contributed by atoms with Gasteiger partial charge < -0.3 is 9.47 Å². The molecule has 0 aliphatic heterocycles. The topological polar surface area (TPSA) is 18.5 Å². The molecule has 0 N–H and O–H groups in total. The van der Waals surface area contributed by atoms with Crippen molar-refractivity contribution in [2.75, 3.05) is 13.2 Å². The van der Waals surface area contributed by atoms with Gasteiger partial charge in [0.15, 0.2) is 0 Å². The van der Waals surface area contributed by atoms with Gasteiger partial charge >= 0.3 is 0 Å². The molecule has 0 aliphatic rings. The van der Waals surface area contributed by atoms with Crippen LogP contribution in [0.5, 0.6) is 0 Å². The summed E-state index contributed by atoms with van der Waals surface area (Å²) in [6.45, 7) is 14.2. The van der Waals surface area contributed by atoms with Crippen LogP contribution in [0.3, 0.4) is 0 Å². The molecule has 0 saturated carbocycles. The second kappa shape index (κ2) is 5.28. The third kappa shape index (κ3) is 11.3. The number of rotatable bonds is 4. The first kappa shape index (κ1) is 13.3. The van der Waals surface area contributed by atoms with Crippen LogP contribution in [0.15, 0.2) is 12.5 Å². The van der Waals surface area contributed by atoms with Crippen molar-refractivity contribution in [2.45, 2.75) is 41.5 Å². The predicted molar refractivity (Wildman–Crippen MR) is 60.0 cm³/mol. The van der Waals surface area contributed by atoms with Crippen LogP contribution in [0.2, 0.25) is 0 Å². The summed E-state index contributed by atoms with van der Waals surface area (Å²) in [5.74, 6) is 0. The van der Waals surface area contributed by atoms with Gasteiger partial charge in [0.05, 0.1) is 13.2 Å². The van der Waals surface area contributed by atoms with Crippen LogP contribution in [-0.2, 0) is 9.47 Å². The summed E-state index contributed by atoms with van der Waals surface area (Å²) in [6.07, 6.45) is 3.24. The molecule has 0 aliphatic carbocycles. The zero-order valence-corrected chi connectivity index (χ0v) is 10.4. The molecular weight excluding hydrogens is 176 g/mol. The molecule has 0 rings (SSSR count). The molecule has 0 bridgehead atoms. The van der Waals surface area contributed by atoms with E-state index in [1.165, 1.54) is 0 Å². The first-order valence-electron chi connectivity index (χ1n) is 5.09. The summed E-state index contributed by atoms with van der Waals surface area (Å²) in [5.41, 5.74) is 0.405. The monoisotopic (exact) mass is 200 g/mol. The van der Waals surface area contributed by atoms with Crippen LogP contribution >= 0.6 is 0 Å². The Morgan fingerprint density at radius 1 is 0.714 bits per heavy atom. The minimum Gasteiger partial charge on any atom is -0.497 e. The molecular formula is C12H24O2. The smallest absolute Gasteiger partial charge is 0.117 e. The number of hydrogen-bond acceptors (Lipinski definition) is 2. The molecule has 0 aromatic heterocycles. The fourth-order valence-corrected chi connectivity index (χ4v) is 0.675. The van der Waals surface area contributed by atoms with Crippen LogP contribution in [-0.4, -0.2) is 13.2 Å². The maximum Gasteiger partial charge on any atom is 0.117 e. The van der Waals surface area contributed by atoms with Gasteiger partial charge in [0.25, 0.3) is 0 Å². The molecule has 0 fully saturated rings. The molecule has 0 aromatic carbocycles. The van der Waals surface area contributed by atoms with Gasteiger partial charge in [-0.05, 0) is 10.8 Å². The van der Waals surface area contributed by atoms with Crippen molar-refractivity contribution in [1.29, 1.82) is 0 Å². The van der Waals surface area contributed by atoms with Crippen LogP contribution in [0.25, 0.3) is 0 Å². The molecule has 0 radical (unpaired) electrons. The highest BCUT2D eigenvalue weighted by Crippen LogP contribution is 2.14. The molecule has 0 aromatic rings. The minimum atomic E-state index is 0.203. The average molecular weight is 200 g/mol. The maximum absolute atomic E-state index is 5.31. The van der Waals surface area contributed by atoms with Crippen LogP contribution < -0.4 is 0 Å². The van der Waals surface area contributed by atoms with Gasteiger partial charge in [0.2, 0.25) is 0 Å². The summed E-state index contributed by atoms with van der Waals surface area (Å²) in [4.78, 5) is 0. The van der Waals surface area contributed by atoms with E-state index in [-0.39, 0.29) is 10.8 Å². The van der Waals surface area contributed by atoms with E-state index < -0.39 is 0 Å². The van der Waals surface area contributed by atoms with Crippen molar-refractivity contribution in [1.82, 2.24) is 0 Å². The fourth-order valence-electron chi connectivity index (χ4n) is 0.675. The van der Waals surface area contributed by atoms with Gasteiger partial charge in [0, 0.05) is 0 Å². The summed E-state index contributed by atoms with van der Waals surface area (Å²) < 4.78 is 10.6. The van der Waals surface area contributed by atoms with Gasteiger partial charge in [-0.1, -0.05) is 41.5 Å². The molecule has 0 unspecified atom stereocenters. The average Bonchev–Trinajstić information content (AvgIpc) is 1.92. The third-order valence-electron chi connectivity index (χ3n) is 1.28. The number of ether oxygens (including phenoxy) is 2. The van der Waals surface area contributed by atoms with Gasteiger partial charge in [-0.15, -0.1) is 0 Å². The Morgan fingerprint density at radius 3 is 1.21 bits per heavy atom. The fraction of sp³-hybridized carbons (Fsp3) is 0.833. The lowest BCUT2D eigenvalue weighted by Crippen LogP contribution is -2.13. The quantitative estimate of drug-likeness (QED) is 0.646. The van der Waals surface area contributed by atoms with E-state index in [9.17, 15) is 0 Å². The lowest BCUT2D eigenvalue weighted by molar-refractivity contribution is 0.120. The largest absolute Gasteiger partial charge is 0.497 e. The van der Waals surface area contributed by atoms with Crippen molar-refractivity contribution in [3.63, 3.8) is 0 Å². The third-order valence-corrected chi connectivity index (χ3v) is 1.28.